The minimum Gasteiger partial charge on any atom is -0.465 e. The van der Waals surface area contributed by atoms with Gasteiger partial charge >= 0.3 is 6.61 Å². The van der Waals surface area contributed by atoms with Crippen molar-refractivity contribution in [3.63, 3.8) is 0 Å². The molecule has 0 saturated heterocycles. The molecule has 1 aliphatic heterocycles. The summed E-state index contributed by atoms with van der Waals surface area (Å²) in [6.45, 7) is 1.82. The Balaban J connectivity index is 1.37. The zero-order valence-corrected chi connectivity index (χ0v) is 22.1. The van der Waals surface area contributed by atoms with Crippen LogP contribution in [0.4, 0.5) is 14.6 Å². The van der Waals surface area contributed by atoms with Crippen molar-refractivity contribution < 1.29 is 27.8 Å². The summed E-state index contributed by atoms with van der Waals surface area (Å²) in [5.41, 5.74) is -0.103. The van der Waals surface area contributed by atoms with Gasteiger partial charge in [-0.15, -0.1) is 11.3 Å². The normalized spacial score (nSPS) is 21.8. The predicted molar refractivity (Wildman–Crippen MR) is 141 cm³/mol. The Bertz CT molecular complexity index is 1380. The highest BCUT2D eigenvalue weighted by Gasteiger charge is 2.52. The number of hydrogen-bond acceptors (Lipinski definition) is 8. The highest BCUT2D eigenvalue weighted by atomic mass is 32.1. The third kappa shape index (κ3) is 5.90. The predicted octanol–water partition coefficient (Wildman–Crippen LogP) is 5.23. The van der Waals surface area contributed by atoms with E-state index in [0.29, 0.717) is 29.4 Å². The second-order valence-electron chi connectivity index (χ2n) is 10.3. The molecule has 1 aromatic carbocycles. The molecule has 204 valence electrons. The van der Waals surface area contributed by atoms with E-state index in [2.05, 4.69) is 34.2 Å². The Morgan fingerprint density at radius 1 is 1.10 bits per heavy atom. The molecular formula is C27H27F2N5O4S. The van der Waals surface area contributed by atoms with E-state index in [-0.39, 0.29) is 34.7 Å². The van der Waals surface area contributed by atoms with Crippen LogP contribution in [0.1, 0.15) is 59.0 Å². The fourth-order valence-electron chi connectivity index (χ4n) is 4.96. The monoisotopic (exact) mass is 555 g/mol. The molecule has 0 spiro atoms. The number of thiazole rings is 1. The van der Waals surface area contributed by atoms with Crippen LogP contribution in [0.2, 0.25) is 0 Å². The van der Waals surface area contributed by atoms with Gasteiger partial charge in [-0.2, -0.15) is 8.78 Å². The summed E-state index contributed by atoms with van der Waals surface area (Å²) in [5.74, 6) is -0.652. The van der Waals surface area contributed by atoms with Crippen molar-refractivity contribution in [2.75, 3.05) is 11.9 Å². The SMILES string of the molecule is CC1(C)CCC2(c3nc(NC(=O)c4ccc(OC(F)F)cn4)cs3)N=C(NC(=O)c3ccccc3)OCC2C1. The number of fused-ring (bicyclic) bond motifs is 1. The molecule has 0 radical (unpaired) electrons. The number of nitrogens with one attached hydrogen (secondary N) is 2. The van der Waals surface area contributed by atoms with E-state index < -0.39 is 18.1 Å². The van der Waals surface area contributed by atoms with Crippen LogP contribution in [0.3, 0.4) is 0 Å². The second kappa shape index (κ2) is 10.7. The third-order valence-electron chi connectivity index (χ3n) is 6.95. The summed E-state index contributed by atoms with van der Waals surface area (Å²) < 4.78 is 34.9. The van der Waals surface area contributed by atoms with Crippen LogP contribution in [0.15, 0.2) is 59.0 Å². The first kappa shape index (κ1) is 26.7. The number of nitrogens with zero attached hydrogens (tertiary/aromatic N) is 3. The molecule has 0 bridgehead atoms. The summed E-state index contributed by atoms with van der Waals surface area (Å²) in [4.78, 5) is 39.0. The van der Waals surface area contributed by atoms with Crippen molar-refractivity contribution in [2.24, 2.45) is 16.3 Å². The fraction of sp³-hybridized carbons (Fsp3) is 0.370. The lowest BCUT2D eigenvalue weighted by atomic mass is 9.63. The Hall–Kier alpha value is -3.93. The van der Waals surface area contributed by atoms with Crippen molar-refractivity contribution in [1.82, 2.24) is 15.3 Å². The number of carbonyl (C=O) groups excluding carboxylic acids is 2. The average Bonchev–Trinajstić information content (AvgIpc) is 3.38. The van der Waals surface area contributed by atoms with Gasteiger partial charge in [0, 0.05) is 16.9 Å². The lowest BCUT2D eigenvalue weighted by Crippen LogP contribution is -2.50. The standard InChI is InChI=1S/C27H27F2N5O4S/c1-26(2)10-11-27(17(12-26)14-37-25(34-27)33-21(35)16-6-4-3-5-7-16)23-32-20(15-39-23)31-22(36)19-9-8-18(13-30-19)38-24(28)29/h3-9,13,15,17,24H,10-12,14H2,1-2H3,(H,31,36)(H,33,34,35). The number of rotatable bonds is 6. The molecule has 2 unspecified atom stereocenters. The number of aromatic nitrogens is 2. The smallest absolute Gasteiger partial charge is 0.387 e. The van der Waals surface area contributed by atoms with Gasteiger partial charge < -0.3 is 14.8 Å². The van der Waals surface area contributed by atoms with E-state index in [1.807, 2.05) is 6.07 Å². The Morgan fingerprint density at radius 3 is 2.62 bits per heavy atom. The van der Waals surface area contributed by atoms with Crippen LogP contribution in [0.5, 0.6) is 5.75 Å². The number of amides is 2. The molecule has 3 aromatic rings. The summed E-state index contributed by atoms with van der Waals surface area (Å²) in [6, 6.07) is 11.5. The minimum atomic E-state index is -2.98. The molecule has 39 heavy (non-hydrogen) atoms. The molecule has 2 aromatic heterocycles. The number of carbonyl (C=O) groups is 2. The van der Waals surface area contributed by atoms with Crippen molar-refractivity contribution in [2.45, 2.75) is 45.3 Å². The lowest BCUT2D eigenvalue weighted by molar-refractivity contribution is -0.0500. The van der Waals surface area contributed by atoms with Crippen LogP contribution in [-0.4, -0.2) is 41.0 Å². The molecule has 1 aliphatic carbocycles. The maximum absolute atomic E-state index is 12.8. The summed E-state index contributed by atoms with van der Waals surface area (Å²) in [6.07, 6.45) is 3.51. The second-order valence-corrected chi connectivity index (χ2v) is 11.1. The van der Waals surface area contributed by atoms with Crippen LogP contribution >= 0.6 is 11.3 Å². The van der Waals surface area contributed by atoms with Gasteiger partial charge in [-0.1, -0.05) is 32.0 Å². The number of pyridine rings is 1. The van der Waals surface area contributed by atoms with Gasteiger partial charge in [0.25, 0.3) is 17.8 Å². The first-order valence-corrected chi connectivity index (χ1v) is 13.3. The number of hydrogen-bond donors (Lipinski definition) is 2. The van der Waals surface area contributed by atoms with Gasteiger partial charge in [-0.25, -0.2) is 15.0 Å². The minimum absolute atomic E-state index is 0.0246. The van der Waals surface area contributed by atoms with Gasteiger partial charge in [-0.3, -0.25) is 14.9 Å². The molecule has 2 N–H and O–H groups in total. The maximum Gasteiger partial charge on any atom is 0.387 e. The Morgan fingerprint density at radius 2 is 1.90 bits per heavy atom. The van der Waals surface area contributed by atoms with Crippen molar-refractivity contribution in [3.8, 4) is 5.75 Å². The maximum atomic E-state index is 12.8. The first-order chi connectivity index (χ1) is 18.6. The quantitative estimate of drug-likeness (QED) is 0.431. The fourth-order valence-corrected chi connectivity index (χ4v) is 5.96. The number of halogens is 2. The zero-order valence-electron chi connectivity index (χ0n) is 21.3. The highest BCUT2D eigenvalue weighted by Crippen LogP contribution is 2.53. The number of amidine groups is 1. The highest BCUT2D eigenvalue weighted by molar-refractivity contribution is 7.10. The van der Waals surface area contributed by atoms with Gasteiger partial charge in [0.2, 0.25) is 0 Å². The summed E-state index contributed by atoms with van der Waals surface area (Å²) in [5, 5.41) is 7.93. The van der Waals surface area contributed by atoms with Crippen LogP contribution < -0.4 is 15.4 Å². The van der Waals surface area contributed by atoms with Crippen molar-refractivity contribution >= 4 is 35.0 Å². The number of anilines is 1. The first-order valence-electron chi connectivity index (χ1n) is 12.4. The molecule has 2 aliphatic rings. The van der Waals surface area contributed by atoms with Gasteiger partial charge in [0.1, 0.15) is 27.8 Å². The van der Waals surface area contributed by atoms with E-state index >= 15 is 0 Å². The lowest BCUT2D eigenvalue weighted by Gasteiger charge is -2.48. The number of alkyl halides is 2. The molecule has 1 saturated carbocycles. The number of benzene rings is 1. The zero-order chi connectivity index (χ0) is 27.6. The Labute approximate surface area is 227 Å². The molecule has 5 rings (SSSR count). The average molecular weight is 556 g/mol. The third-order valence-corrected chi connectivity index (χ3v) is 7.96. The molecule has 12 heteroatoms. The largest absolute Gasteiger partial charge is 0.465 e. The van der Waals surface area contributed by atoms with E-state index in [4.69, 9.17) is 14.7 Å². The van der Waals surface area contributed by atoms with Gasteiger partial charge in [0.05, 0.1) is 12.8 Å². The van der Waals surface area contributed by atoms with Gasteiger partial charge in [-0.05, 0) is 48.9 Å². The van der Waals surface area contributed by atoms with Crippen LogP contribution in [0.25, 0.3) is 0 Å². The van der Waals surface area contributed by atoms with Gasteiger partial charge in [0.15, 0.2) is 0 Å². The van der Waals surface area contributed by atoms with Crippen LogP contribution in [-0.2, 0) is 10.3 Å². The number of aliphatic imine (C=N–C) groups is 1. The Kier molecular flexibility index (Phi) is 7.30. The topological polar surface area (TPSA) is 115 Å². The van der Waals surface area contributed by atoms with E-state index in [1.165, 1.54) is 23.5 Å². The molecule has 3 heterocycles. The van der Waals surface area contributed by atoms with E-state index in [1.54, 1.807) is 29.6 Å². The number of ether oxygens (including phenoxy) is 2. The molecular weight excluding hydrogens is 528 g/mol. The summed E-state index contributed by atoms with van der Waals surface area (Å²) >= 11 is 1.37. The molecule has 1 fully saturated rings. The van der Waals surface area contributed by atoms with E-state index in [9.17, 15) is 18.4 Å². The van der Waals surface area contributed by atoms with Crippen molar-refractivity contribution in [3.05, 3.63) is 70.3 Å². The summed E-state index contributed by atoms with van der Waals surface area (Å²) in [7, 11) is 0. The van der Waals surface area contributed by atoms with Crippen LogP contribution in [0, 0.1) is 11.3 Å². The molecule has 9 nitrogen and oxygen atoms in total. The molecule has 2 atom stereocenters. The van der Waals surface area contributed by atoms with Crippen molar-refractivity contribution in [1.29, 1.82) is 0 Å². The molecule has 2 amide bonds. The van der Waals surface area contributed by atoms with E-state index in [0.717, 1.165) is 19.0 Å².